The summed E-state index contributed by atoms with van der Waals surface area (Å²) in [5.41, 5.74) is 2.30. The molecule has 3 rings (SSSR count). The van der Waals surface area contributed by atoms with Crippen molar-refractivity contribution in [3.8, 4) is 0 Å². The lowest BCUT2D eigenvalue weighted by molar-refractivity contribution is -0.151. The van der Waals surface area contributed by atoms with Crippen molar-refractivity contribution >= 4 is 5.97 Å². The first-order chi connectivity index (χ1) is 9.54. The predicted octanol–water partition coefficient (Wildman–Crippen LogP) is 3.11. The zero-order chi connectivity index (χ0) is 14.3. The Hall–Kier alpha value is -1.35. The van der Waals surface area contributed by atoms with Crippen LogP contribution < -0.4 is 0 Å². The van der Waals surface area contributed by atoms with Crippen molar-refractivity contribution in [2.75, 3.05) is 13.1 Å². The highest BCUT2D eigenvalue weighted by Crippen LogP contribution is 2.44. The number of benzene rings is 1. The normalized spacial score (nSPS) is 29.9. The van der Waals surface area contributed by atoms with Crippen molar-refractivity contribution in [1.29, 1.82) is 0 Å². The smallest absolute Gasteiger partial charge is 0.311 e. The van der Waals surface area contributed by atoms with Crippen molar-refractivity contribution in [2.45, 2.75) is 39.2 Å². The SMILES string of the molecule is CC(C)C1(C(=O)O)CCN(C2CCc3ccccc32)C1. The Bertz CT molecular complexity index is 525. The molecule has 1 saturated heterocycles. The number of aryl methyl sites for hydroxylation is 1. The van der Waals surface area contributed by atoms with Gasteiger partial charge in [0, 0.05) is 12.6 Å². The summed E-state index contributed by atoms with van der Waals surface area (Å²) in [5, 5.41) is 9.66. The lowest BCUT2D eigenvalue weighted by Gasteiger charge is -2.31. The van der Waals surface area contributed by atoms with E-state index in [9.17, 15) is 9.90 Å². The van der Waals surface area contributed by atoms with Gasteiger partial charge >= 0.3 is 5.97 Å². The van der Waals surface area contributed by atoms with Crippen LogP contribution in [0.25, 0.3) is 0 Å². The van der Waals surface area contributed by atoms with Gasteiger partial charge in [-0.2, -0.15) is 0 Å². The van der Waals surface area contributed by atoms with Gasteiger partial charge < -0.3 is 5.11 Å². The minimum absolute atomic E-state index is 0.182. The number of carboxylic acid groups (broad SMARTS) is 1. The Labute approximate surface area is 120 Å². The number of aliphatic carboxylic acids is 1. The molecular weight excluding hydrogens is 250 g/mol. The molecule has 1 fully saturated rings. The molecule has 3 nitrogen and oxygen atoms in total. The fraction of sp³-hybridized carbons (Fsp3) is 0.588. The van der Waals surface area contributed by atoms with Gasteiger partial charge in [0.15, 0.2) is 0 Å². The summed E-state index contributed by atoms with van der Waals surface area (Å²) in [7, 11) is 0. The zero-order valence-electron chi connectivity index (χ0n) is 12.3. The molecule has 108 valence electrons. The van der Waals surface area contributed by atoms with E-state index in [1.807, 2.05) is 13.8 Å². The van der Waals surface area contributed by atoms with E-state index < -0.39 is 11.4 Å². The zero-order valence-corrected chi connectivity index (χ0v) is 12.3. The molecule has 0 aromatic heterocycles. The molecule has 2 atom stereocenters. The molecule has 0 radical (unpaired) electrons. The lowest BCUT2D eigenvalue weighted by atomic mass is 9.76. The number of hydrogen-bond donors (Lipinski definition) is 1. The molecule has 0 saturated carbocycles. The fourth-order valence-electron chi connectivity index (χ4n) is 3.94. The number of carbonyl (C=O) groups is 1. The van der Waals surface area contributed by atoms with Gasteiger partial charge in [-0.1, -0.05) is 38.1 Å². The van der Waals surface area contributed by atoms with Gasteiger partial charge in [-0.25, -0.2) is 0 Å². The number of fused-ring (bicyclic) bond motifs is 1. The van der Waals surface area contributed by atoms with Gasteiger partial charge in [0.05, 0.1) is 5.41 Å². The Morgan fingerprint density at radius 2 is 2.15 bits per heavy atom. The summed E-state index contributed by atoms with van der Waals surface area (Å²) in [6.07, 6.45) is 3.03. The molecule has 0 bridgehead atoms. The molecular formula is C17H23NO2. The van der Waals surface area contributed by atoms with E-state index in [2.05, 4.69) is 29.2 Å². The lowest BCUT2D eigenvalue weighted by Crippen LogP contribution is -2.39. The largest absolute Gasteiger partial charge is 0.481 e. The summed E-state index contributed by atoms with van der Waals surface area (Å²) in [6.45, 7) is 5.68. The molecule has 3 heteroatoms. The summed E-state index contributed by atoms with van der Waals surface area (Å²) in [5.74, 6) is -0.442. The molecule has 1 aliphatic heterocycles. The van der Waals surface area contributed by atoms with Crippen molar-refractivity contribution in [1.82, 2.24) is 4.90 Å². The molecule has 20 heavy (non-hydrogen) atoms. The van der Waals surface area contributed by atoms with Gasteiger partial charge in [-0.05, 0) is 42.9 Å². The van der Waals surface area contributed by atoms with Crippen LogP contribution in [0.4, 0.5) is 0 Å². The minimum atomic E-state index is -0.624. The molecule has 1 aromatic rings. The van der Waals surface area contributed by atoms with Crippen LogP contribution in [0.15, 0.2) is 24.3 Å². The van der Waals surface area contributed by atoms with E-state index in [0.717, 1.165) is 25.8 Å². The number of likely N-dealkylation sites (tertiary alicyclic amines) is 1. The molecule has 2 unspecified atom stereocenters. The van der Waals surface area contributed by atoms with Crippen LogP contribution in [0.5, 0.6) is 0 Å². The second kappa shape index (κ2) is 4.88. The van der Waals surface area contributed by atoms with Gasteiger partial charge in [0.1, 0.15) is 0 Å². The highest BCUT2D eigenvalue weighted by molar-refractivity contribution is 5.75. The average Bonchev–Trinajstić information content (AvgIpc) is 3.03. The molecule has 0 amide bonds. The number of carboxylic acids is 1. The van der Waals surface area contributed by atoms with Crippen LogP contribution in [-0.2, 0) is 11.2 Å². The first-order valence-corrected chi connectivity index (χ1v) is 7.60. The quantitative estimate of drug-likeness (QED) is 0.920. The van der Waals surface area contributed by atoms with Gasteiger partial charge in [-0.15, -0.1) is 0 Å². The van der Waals surface area contributed by atoms with E-state index >= 15 is 0 Å². The Morgan fingerprint density at radius 3 is 2.80 bits per heavy atom. The molecule has 0 spiro atoms. The third-order valence-corrected chi connectivity index (χ3v) is 5.40. The van der Waals surface area contributed by atoms with Crippen LogP contribution in [-0.4, -0.2) is 29.1 Å². The maximum Gasteiger partial charge on any atom is 0.311 e. The third-order valence-electron chi connectivity index (χ3n) is 5.40. The van der Waals surface area contributed by atoms with Crippen LogP contribution >= 0.6 is 0 Å². The van der Waals surface area contributed by atoms with Crippen LogP contribution in [0.1, 0.15) is 43.9 Å². The van der Waals surface area contributed by atoms with E-state index in [0.29, 0.717) is 12.6 Å². The number of rotatable bonds is 3. The Balaban J connectivity index is 1.83. The monoisotopic (exact) mass is 273 g/mol. The van der Waals surface area contributed by atoms with Crippen molar-refractivity contribution in [3.05, 3.63) is 35.4 Å². The van der Waals surface area contributed by atoms with E-state index in [-0.39, 0.29) is 5.92 Å². The standard InChI is InChI=1S/C17H23NO2/c1-12(2)17(16(19)20)9-10-18(11-17)15-8-7-13-5-3-4-6-14(13)15/h3-6,12,15H,7-11H2,1-2H3,(H,19,20). The van der Waals surface area contributed by atoms with Crippen LogP contribution in [0.2, 0.25) is 0 Å². The van der Waals surface area contributed by atoms with Crippen molar-refractivity contribution < 1.29 is 9.90 Å². The summed E-state index contributed by atoms with van der Waals surface area (Å²) in [4.78, 5) is 14.1. The van der Waals surface area contributed by atoms with Crippen LogP contribution in [0, 0.1) is 11.3 Å². The van der Waals surface area contributed by atoms with Gasteiger partial charge in [-0.3, -0.25) is 9.69 Å². The van der Waals surface area contributed by atoms with Crippen molar-refractivity contribution in [2.24, 2.45) is 11.3 Å². The average molecular weight is 273 g/mol. The maximum atomic E-state index is 11.7. The Morgan fingerprint density at radius 1 is 1.40 bits per heavy atom. The molecule has 2 aliphatic rings. The summed E-state index contributed by atoms with van der Waals surface area (Å²) >= 11 is 0. The minimum Gasteiger partial charge on any atom is -0.481 e. The molecule has 1 aliphatic carbocycles. The molecule has 1 heterocycles. The van der Waals surface area contributed by atoms with E-state index in [4.69, 9.17) is 0 Å². The number of hydrogen-bond acceptors (Lipinski definition) is 2. The maximum absolute atomic E-state index is 11.7. The predicted molar refractivity (Wildman–Crippen MR) is 78.6 cm³/mol. The van der Waals surface area contributed by atoms with Crippen molar-refractivity contribution in [3.63, 3.8) is 0 Å². The highest BCUT2D eigenvalue weighted by atomic mass is 16.4. The first kappa shape index (κ1) is 13.6. The highest BCUT2D eigenvalue weighted by Gasteiger charge is 2.49. The van der Waals surface area contributed by atoms with Gasteiger partial charge in [0.2, 0.25) is 0 Å². The van der Waals surface area contributed by atoms with E-state index in [1.54, 1.807) is 0 Å². The summed E-state index contributed by atoms with van der Waals surface area (Å²) < 4.78 is 0. The molecule has 1 N–H and O–H groups in total. The first-order valence-electron chi connectivity index (χ1n) is 7.60. The second-order valence-electron chi connectivity index (χ2n) is 6.59. The number of nitrogens with zero attached hydrogens (tertiary/aromatic N) is 1. The van der Waals surface area contributed by atoms with Gasteiger partial charge in [0.25, 0.3) is 0 Å². The Kier molecular flexibility index (Phi) is 3.33. The molecule has 1 aromatic carbocycles. The topological polar surface area (TPSA) is 40.5 Å². The second-order valence-corrected chi connectivity index (χ2v) is 6.59. The summed E-state index contributed by atoms with van der Waals surface area (Å²) in [6, 6.07) is 9.04. The third kappa shape index (κ3) is 1.96. The van der Waals surface area contributed by atoms with E-state index in [1.165, 1.54) is 11.1 Å². The fourth-order valence-corrected chi connectivity index (χ4v) is 3.94. The van der Waals surface area contributed by atoms with Crippen LogP contribution in [0.3, 0.4) is 0 Å².